The van der Waals surface area contributed by atoms with Crippen LogP contribution < -0.4 is 14.8 Å². The average Bonchev–Trinajstić information content (AvgIpc) is 3.26. The molecule has 36 heavy (non-hydrogen) atoms. The molecule has 3 heterocycles. The summed E-state index contributed by atoms with van der Waals surface area (Å²) in [4.78, 5) is 19.5. The van der Waals surface area contributed by atoms with Gasteiger partial charge in [0.25, 0.3) is 0 Å². The van der Waals surface area contributed by atoms with Gasteiger partial charge in [-0.05, 0) is 18.4 Å². The molecule has 11 heteroatoms. The Morgan fingerprint density at radius 1 is 1.22 bits per heavy atom. The third-order valence-corrected chi connectivity index (χ3v) is 6.09. The molecule has 2 aromatic heterocycles. The van der Waals surface area contributed by atoms with Crippen molar-refractivity contribution in [3.63, 3.8) is 0 Å². The second-order valence-corrected chi connectivity index (χ2v) is 8.29. The van der Waals surface area contributed by atoms with E-state index in [1.54, 1.807) is 7.11 Å². The third-order valence-electron chi connectivity index (χ3n) is 6.09. The van der Waals surface area contributed by atoms with Gasteiger partial charge in [-0.15, -0.1) is 0 Å². The van der Waals surface area contributed by atoms with Crippen molar-refractivity contribution in [1.29, 1.82) is 0 Å². The monoisotopic (exact) mass is 493 g/mol. The van der Waals surface area contributed by atoms with E-state index < -0.39 is 16.4 Å². The number of aromatic nitrogens is 3. The molecule has 0 spiro atoms. The largest absolute Gasteiger partial charge is 0.494 e. The van der Waals surface area contributed by atoms with E-state index in [-0.39, 0.29) is 17.4 Å². The van der Waals surface area contributed by atoms with Crippen LogP contribution in [0.5, 0.6) is 11.5 Å². The molecular weight excluding hydrogens is 469 g/mol. The van der Waals surface area contributed by atoms with Crippen molar-refractivity contribution >= 4 is 28.2 Å². The summed E-state index contributed by atoms with van der Waals surface area (Å²) in [5, 5.41) is 15.2. The van der Waals surface area contributed by atoms with Gasteiger partial charge in [0.15, 0.2) is 5.75 Å². The Bertz CT molecular complexity index is 1450. The number of nitro groups is 1. The lowest BCUT2D eigenvalue weighted by Crippen LogP contribution is -2.08. The highest BCUT2D eigenvalue weighted by Gasteiger charge is 2.23. The van der Waals surface area contributed by atoms with Gasteiger partial charge in [0.05, 0.1) is 36.0 Å². The highest BCUT2D eigenvalue weighted by molar-refractivity contribution is 5.98. The molecule has 0 saturated carbocycles. The molecule has 0 amide bonds. The summed E-state index contributed by atoms with van der Waals surface area (Å²) in [5.41, 5.74) is 3.36. The summed E-state index contributed by atoms with van der Waals surface area (Å²) in [6, 6.07) is 8.23. The smallest absolute Gasteiger partial charge is 0.307 e. The van der Waals surface area contributed by atoms with Crippen LogP contribution in [0.2, 0.25) is 0 Å². The number of benzene rings is 2. The zero-order chi connectivity index (χ0) is 25.2. The first-order valence-corrected chi connectivity index (χ1v) is 11.4. The molecular formula is C25H24FN5O5. The molecule has 0 radical (unpaired) electrons. The molecule has 1 aliphatic rings. The fraction of sp³-hybridized carbons (Fsp3) is 0.280. The van der Waals surface area contributed by atoms with E-state index in [4.69, 9.17) is 19.2 Å². The van der Waals surface area contributed by atoms with E-state index in [1.165, 1.54) is 24.4 Å². The lowest BCUT2D eigenvalue weighted by molar-refractivity contribution is -0.387. The summed E-state index contributed by atoms with van der Waals surface area (Å²) < 4.78 is 32.6. The Kier molecular flexibility index (Phi) is 6.38. The number of hydrogen-bond acceptors (Lipinski definition) is 8. The van der Waals surface area contributed by atoms with Crippen molar-refractivity contribution in [3.05, 3.63) is 64.2 Å². The van der Waals surface area contributed by atoms with E-state index in [1.807, 2.05) is 6.07 Å². The van der Waals surface area contributed by atoms with Gasteiger partial charge < -0.3 is 24.1 Å². The van der Waals surface area contributed by atoms with E-state index >= 15 is 0 Å². The highest BCUT2D eigenvalue weighted by Crippen LogP contribution is 2.39. The first-order valence-electron chi connectivity index (χ1n) is 11.4. The van der Waals surface area contributed by atoms with E-state index in [0.29, 0.717) is 24.7 Å². The van der Waals surface area contributed by atoms with E-state index in [9.17, 15) is 14.5 Å². The number of nitrogens with zero attached hydrogens (tertiary/aromatic N) is 4. The molecule has 4 aromatic rings. The van der Waals surface area contributed by atoms with Crippen molar-refractivity contribution in [2.24, 2.45) is 0 Å². The van der Waals surface area contributed by atoms with Gasteiger partial charge in [0.2, 0.25) is 11.8 Å². The number of rotatable bonds is 9. The Morgan fingerprint density at radius 3 is 2.86 bits per heavy atom. The fourth-order valence-electron chi connectivity index (χ4n) is 4.48. The zero-order valence-electron chi connectivity index (χ0n) is 19.8. The zero-order valence-corrected chi connectivity index (χ0v) is 19.8. The molecule has 5 rings (SSSR count). The van der Waals surface area contributed by atoms with Crippen LogP contribution >= 0.6 is 0 Å². The van der Waals surface area contributed by atoms with Gasteiger partial charge in [0.1, 0.15) is 18.1 Å². The quantitative estimate of drug-likeness (QED) is 0.200. The Hall–Kier alpha value is -4.25. The van der Waals surface area contributed by atoms with Crippen molar-refractivity contribution < 1.29 is 23.5 Å². The number of methoxy groups -OCH3 is 2. The predicted octanol–water partition coefficient (Wildman–Crippen LogP) is 4.87. The van der Waals surface area contributed by atoms with Crippen LogP contribution in [0.3, 0.4) is 0 Å². The van der Waals surface area contributed by atoms with Crippen LogP contribution in [-0.4, -0.2) is 46.9 Å². The molecule has 0 unspecified atom stereocenters. The van der Waals surface area contributed by atoms with Crippen LogP contribution in [0.4, 0.5) is 21.7 Å². The number of ether oxygens (including phenoxy) is 3. The van der Waals surface area contributed by atoms with Crippen LogP contribution in [0, 0.1) is 15.9 Å². The van der Waals surface area contributed by atoms with Crippen LogP contribution in [-0.2, 0) is 17.7 Å². The van der Waals surface area contributed by atoms with Crippen molar-refractivity contribution in [2.75, 3.05) is 32.8 Å². The first-order chi connectivity index (χ1) is 17.5. The summed E-state index contributed by atoms with van der Waals surface area (Å²) in [6.07, 6.45) is 5.66. The van der Waals surface area contributed by atoms with Gasteiger partial charge >= 0.3 is 5.69 Å². The maximum atomic E-state index is 14.1. The fourth-order valence-corrected chi connectivity index (χ4v) is 4.48. The molecule has 186 valence electrons. The number of anilines is 2. The lowest BCUT2D eigenvalue weighted by Gasteiger charge is -2.14. The standard InChI is InChI=1S/C25H24FN5O5/c1-34-9-10-36-22-13-27-25(28-19-12-20(31(32)33)18(26)11-21(19)35-2)29-23(22)17-14-30-8-4-6-15-5-3-7-16(17)24(15)30/h3,5,7,11-14H,4,6,8-10H2,1-2H3,(H,27,28,29). The molecule has 10 nitrogen and oxygen atoms in total. The minimum atomic E-state index is -1.000. The minimum Gasteiger partial charge on any atom is -0.494 e. The molecule has 2 aromatic carbocycles. The Morgan fingerprint density at radius 2 is 2.08 bits per heavy atom. The van der Waals surface area contributed by atoms with Crippen LogP contribution in [0.15, 0.2) is 42.7 Å². The number of nitro benzene ring substituents is 1. The maximum Gasteiger partial charge on any atom is 0.307 e. The molecule has 0 atom stereocenters. The topological polar surface area (TPSA) is 114 Å². The van der Waals surface area contributed by atoms with E-state index in [0.717, 1.165) is 42.5 Å². The number of aryl methyl sites for hydroxylation is 2. The molecule has 1 N–H and O–H groups in total. The minimum absolute atomic E-state index is 0.0795. The number of nitrogens with one attached hydrogen (secondary N) is 1. The normalized spacial score (nSPS) is 12.5. The molecule has 1 aliphatic heterocycles. The second kappa shape index (κ2) is 9.78. The number of hydrogen-bond donors (Lipinski definition) is 1. The maximum absolute atomic E-state index is 14.1. The summed E-state index contributed by atoms with van der Waals surface area (Å²) in [7, 11) is 2.94. The van der Waals surface area contributed by atoms with Crippen LogP contribution in [0.1, 0.15) is 12.0 Å². The summed E-state index contributed by atoms with van der Waals surface area (Å²) in [5.74, 6) is -0.301. The average molecular weight is 493 g/mol. The lowest BCUT2D eigenvalue weighted by atomic mass is 10.0. The SMILES string of the molecule is COCCOc1cnc(Nc2cc([N+](=O)[O-])c(F)cc2OC)nc1-c1cn2c3c(cccc13)CCC2. The predicted molar refractivity (Wildman–Crippen MR) is 132 cm³/mol. The Labute approximate surface area is 205 Å². The number of para-hydroxylation sites is 1. The molecule has 0 fully saturated rings. The first kappa shape index (κ1) is 23.5. The third kappa shape index (κ3) is 4.29. The second-order valence-electron chi connectivity index (χ2n) is 8.29. The summed E-state index contributed by atoms with van der Waals surface area (Å²) in [6.45, 7) is 1.60. The van der Waals surface area contributed by atoms with E-state index in [2.05, 4.69) is 33.2 Å². The Balaban J connectivity index is 1.61. The highest BCUT2D eigenvalue weighted by atomic mass is 19.1. The number of halogens is 1. The van der Waals surface area contributed by atoms with Crippen molar-refractivity contribution in [3.8, 4) is 22.8 Å². The van der Waals surface area contributed by atoms with Gasteiger partial charge in [-0.3, -0.25) is 10.1 Å². The van der Waals surface area contributed by atoms with Crippen molar-refractivity contribution in [2.45, 2.75) is 19.4 Å². The van der Waals surface area contributed by atoms with Gasteiger partial charge in [-0.25, -0.2) is 9.97 Å². The van der Waals surface area contributed by atoms with Crippen LogP contribution in [0.25, 0.3) is 22.2 Å². The van der Waals surface area contributed by atoms with Crippen molar-refractivity contribution in [1.82, 2.24) is 14.5 Å². The molecule has 0 saturated heterocycles. The van der Waals surface area contributed by atoms with Gasteiger partial charge in [-0.1, -0.05) is 18.2 Å². The molecule has 0 bridgehead atoms. The van der Waals surface area contributed by atoms with Gasteiger partial charge in [0, 0.05) is 42.9 Å². The molecule has 0 aliphatic carbocycles. The summed E-state index contributed by atoms with van der Waals surface area (Å²) >= 11 is 0. The van der Waals surface area contributed by atoms with Gasteiger partial charge in [-0.2, -0.15) is 4.39 Å².